The second-order valence-corrected chi connectivity index (χ2v) is 15.2. The Morgan fingerprint density at radius 1 is 0.259 bits per heavy atom. The number of benzene rings is 10. The third-order valence-corrected chi connectivity index (χ3v) is 12.1. The summed E-state index contributed by atoms with van der Waals surface area (Å²) in [6, 6.07) is 70.3. The van der Waals surface area contributed by atoms with Gasteiger partial charge in [0.25, 0.3) is 0 Å². The number of rotatable bonds is 4. The molecule has 0 saturated carbocycles. The molecule has 0 fully saturated rings. The summed E-state index contributed by atoms with van der Waals surface area (Å²) in [6.45, 7) is 0. The van der Waals surface area contributed by atoms with Crippen LogP contribution in [0.25, 0.3) is 120 Å². The van der Waals surface area contributed by atoms with E-state index >= 15 is 0 Å². The SMILES string of the molecule is c1ccc(-c2c3ccccc3c(-c3cccc(-c4c5ccccc5c(-c5cccc6ccccc56)c5c4cnc4ccccc45)c3)c3cnc4ccccc4c23)cc1. The minimum absolute atomic E-state index is 0.989. The van der Waals surface area contributed by atoms with Gasteiger partial charge in [-0.05, 0) is 95.0 Å². The molecule has 268 valence electrons. The van der Waals surface area contributed by atoms with Gasteiger partial charge in [-0.1, -0.05) is 176 Å². The minimum atomic E-state index is 0.989. The van der Waals surface area contributed by atoms with Gasteiger partial charge in [-0.3, -0.25) is 9.97 Å². The largest absolute Gasteiger partial charge is 0.256 e. The molecule has 12 rings (SSSR count). The molecule has 12 aromatic rings. The average molecular weight is 735 g/mol. The van der Waals surface area contributed by atoms with Crippen LogP contribution in [-0.2, 0) is 0 Å². The van der Waals surface area contributed by atoms with Crippen LogP contribution in [0.15, 0.2) is 207 Å². The fourth-order valence-electron chi connectivity index (χ4n) is 9.68. The highest BCUT2D eigenvalue weighted by molar-refractivity contribution is 6.30. The third kappa shape index (κ3) is 4.85. The van der Waals surface area contributed by atoms with Crippen molar-refractivity contribution < 1.29 is 0 Å². The highest BCUT2D eigenvalue weighted by atomic mass is 14.7. The summed E-state index contributed by atoms with van der Waals surface area (Å²) in [7, 11) is 0. The van der Waals surface area contributed by atoms with Crippen molar-refractivity contribution in [3.05, 3.63) is 207 Å². The van der Waals surface area contributed by atoms with E-state index < -0.39 is 0 Å². The van der Waals surface area contributed by atoms with Crippen LogP contribution >= 0.6 is 0 Å². The van der Waals surface area contributed by atoms with Gasteiger partial charge in [0.1, 0.15) is 0 Å². The molecule has 0 atom stereocenters. The monoisotopic (exact) mass is 734 g/mol. The van der Waals surface area contributed by atoms with Crippen LogP contribution in [-0.4, -0.2) is 9.97 Å². The molecule has 10 aromatic carbocycles. The first kappa shape index (κ1) is 32.6. The lowest BCUT2D eigenvalue weighted by Crippen LogP contribution is -1.95. The third-order valence-electron chi connectivity index (χ3n) is 12.1. The maximum Gasteiger partial charge on any atom is 0.0708 e. The van der Waals surface area contributed by atoms with Gasteiger partial charge in [-0.25, -0.2) is 0 Å². The summed E-state index contributed by atoms with van der Waals surface area (Å²) >= 11 is 0. The Morgan fingerprint density at radius 3 is 1.28 bits per heavy atom. The molecule has 0 radical (unpaired) electrons. The van der Waals surface area contributed by atoms with Crippen LogP contribution in [0.1, 0.15) is 0 Å². The van der Waals surface area contributed by atoms with Crippen molar-refractivity contribution in [2.45, 2.75) is 0 Å². The molecule has 2 aromatic heterocycles. The molecule has 0 bridgehead atoms. The van der Waals surface area contributed by atoms with E-state index in [0.717, 1.165) is 43.7 Å². The second kappa shape index (κ2) is 12.9. The second-order valence-electron chi connectivity index (χ2n) is 15.2. The molecule has 2 heterocycles. The standard InChI is InChI=1S/C56H34N2/c1-2-17-36(18-3-1)53-43-25-8-6-23-41(43)51(47-33-57-49-30-12-10-27-45(49)55(47)53)37-20-14-21-38(32-37)52-42-24-7-9-26-44(42)54(40-29-15-19-35-16-4-5-22-39(35)40)56-46-28-11-13-31-50(46)58-34-48(52)56/h1-34H. The van der Waals surface area contributed by atoms with Crippen LogP contribution in [0.3, 0.4) is 0 Å². The number of fused-ring (bicyclic) bond motifs is 9. The van der Waals surface area contributed by atoms with Crippen molar-refractivity contribution in [2.24, 2.45) is 0 Å². The fraction of sp³-hybridized carbons (Fsp3) is 0. The Bertz CT molecular complexity index is 3620. The molecule has 2 heteroatoms. The van der Waals surface area contributed by atoms with Gasteiger partial charge in [-0.15, -0.1) is 0 Å². The first-order valence-corrected chi connectivity index (χ1v) is 19.9. The zero-order chi connectivity index (χ0) is 38.2. The zero-order valence-corrected chi connectivity index (χ0v) is 31.5. The number of para-hydroxylation sites is 2. The van der Waals surface area contributed by atoms with E-state index in [1.165, 1.54) is 76.5 Å². The molecule has 0 N–H and O–H groups in total. The van der Waals surface area contributed by atoms with Crippen LogP contribution < -0.4 is 0 Å². The van der Waals surface area contributed by atoms with Crippen molar-refractivity contribution in [2.75, 3.05) is 0 Å². The smallest absolute Gasteiger partial charge is 0.0708 e. The van der Waals surface area contributed by atoms with Gasteiger partial charge in [0.2, 0.25) is 0 Å². The number of pyridine rings is 2. The summed E-state index contributed by atoms with van der Waals surface area (Å²) in [5, 5.41) is 14.4. The first-order chi connectivity index (χ1) is 28.8. The molecular weight excluding hydrogens is 701 g/mol. The van der Waals surface area contributed by atoms with E-state index in [1.54, 1.807) is 0 Å². The predicted octanol–water partition coefficient (Wildman–Crippen LogP) is 15.2. The van der Waals surface area contributed by atoms with Crippen LogP contribution in [0.4, 0.5) is 0 Å². The Balaban J connectivity index is 1.20. The normalized spacial score (nSPS) is 11.8. The highest BCUT2D eigenvalue weighted by Crippen LogP contribution is 2.49. The quantitative estimate of drug-likeness (QED) is 0.133. The van der Waals surface area contributed by atoms with Gasteiger partial charge in [0.15, 0.2) is 0 Å². The average Bonchev–Trinajstić information content (AvgIpc) is 3.30. The Morgan fingerprint density at radius 2 is 0.672 bits per heavy atom. The topological polar surface area (TPSA) is 25.8 Å². The molecular formula is C56H34N2. The van der Waals surface area contributed by atoms with Crippen LogP contribution in [0.5, 0.6) is 0 Å². The molecule has 0 unspecified atom stereocenters. The lowest BCUT2D eigenvalue weighted by molar-refractivity contribution is 1.44. The molecule has 2 nitrogen and oxygen atoms in total. The number of nitrogens with zero attached hydrogens (tertiary/aromatic N) is 2. The maximum absolute atomic E-state index is 5.12. The van der Waals surface area contributed by atoms with Crippen molar-refractivity contribution in [1.82, 2.24) is 9.97 Å². The highest BCUT2D eigenvalue weighted by Gasteiger charge is 2.23. The van der Waals surface area contributed by atoms with E-state index in [-0.39, 0.29) is 0 Å². The zero-order valence-electron chi connectivity index (χ0n) is 31.5. The van der Waals surface area contributed by atoms with Gasteiger partial charge >= 0.3 is 0 Å². The number of hydrogen-bond acceptors (Lipinski definition) is 2. The number of aromatic nitrogens is 2. The van der Waals surface area contributed by atoms with E-state index in [4.69, 9.17) is 9.97 Å². The summed E-state index contributed by atoms with van der Waals surface area (Å²) in [5.74, 6) is 0. The Labute approximate surface area is 335 Å². The molecule has 0 amide bonds. The fourth-order valence-corrected chi connectivity index (χ4v) is 9.68. The Hall–Kier alpha value is -7.68. The van der Waals surface area contributed by atoms with E-state index in [1.807, 2.05) is 0 Å². The van der Waals surface area contributed by atoms with Crippen molar-refractivity contribution in [1.29, 1.82) is 0 Å². The van der Waals surface area contributed by atoms with Crippen molar-refractivity contribution in [3.8, 4) is 44.5 Å². The lowest BCUT2D eigenvalue weighted by atomic mass is 9.82. The summed E-state index contributed by atoms with van der Waals surface area (Å²) < 4.78 is 0. The molecule has 0 aliphatic carbocycles. The summed E-state index contributed by atoms with van der Waals surface area (Å²) in [6.07, 6.45) is 4.20. The van der Waals surface area contributed by atoms with E-state index in [0.29, 0.717) is 0 Å². The van der Waals surface area contributed by atoms with Crippen molar-refractivity contribution >= 4 is 75.7 Å². The Kier molecular flexibility index (Phi) is 7.26. The molecule has 0 aliphatic heterocycles. The molecule has 0 spiro atoms. The van der Waals surface area contributed by atoms with Gasteiger partial charge < -0.3 is 0 Å². The van der Waals surface area contributed by atoms with Crippen LogP contribution in [0, 0.1) is 0 Å². The molecule has 0 saturated heterocycles. The molecule has 0 aliphatic rings. The van der Waals surface area contributed by atoms with Gasteiger partial charge in [0, 0.05) is 44.7 Å². The van der Waals surface area contributed by atoms with Crippen molar-refractivity contribution in [3.63, 3.8) is 0 Å². The van der Waals surface area contributed by atoms with E-state index in [9.17, 15) is 0 Å². The van der Waals surface area contributed by atoms with E-state index in [2.05, 4.69) is 207 Å². The minimum Gasteiger partial charge on any atom is -0.256 e. The summed E-state index contributed by atoms with van der Waals surface area (Å²) in [5.41, 5.74) is 11.6. The van der Waals surface area contributed by atoms with Crippen LogP contribution in [0.2, 0.25) is 0 Å². The van der Waals surface area contributed by atoms with Gasteiger partial charge in [0.05, 0.1) is 11.0 Å². The lowest BCUT2D eigenvalue weighted by Gasteiger charge is -2.21. The molecule has 58 heavy (non-hydrogen) atoms. The number of hydrogen-bond donors (Lipinski definition) is 0. The predicted molar refractivity (Wildman–Crippen MR) is 246 cm³/mol. The summed E-state index contributed by atoms with van der Waals surface area (Å²) in [4.78, 5) is 10.2. The van der Waals surface area contributed by atoms with Gasteiger partial charge in [-0.2, -0.15) is 0 Å². The maximum atomic E-state index is 5.12. The first-order valence-electron chi connectivity index (χ1n) is 19.9.